The van der Waals surface area contributed by atoms with Gasteiger partial charge in [-0.2, -0.15) is 0 Å². The Hall–Kier alpha value is -3.40. The Labute approximate surface area is 199 Å². The van der Waals surface area contributed by atoms with E-state index in [0.717, 1.165) is 5.56 Å². The molecule has 0 spiro atoms. The molecule has 182 valence electrons. The van der Waals surface area contributed by atoms with Crippen molar-refractivity contribution in [3.8, 4) is 5.75 Å². The maximum atomic E-state index is 13.4. The van der Waals surface area contributed by atoms with Gasteiger partial charge in [-0.1, -0.05) is 38.1 Å². The normalized spacial score (nSPS) is 15.1. The monoisotopic (exact) mass is 487 g/mol. The van der Waals surface area contributed by atoms with E-state index in [0.29, 0.717) is 16.6 Å². The first kappa shape index (κ1) is 25.2. The Morgan fingerprint density at radius 3 is 2.29 bits per heavy atom. The van der Waals surface area contributed by atoms with Crippen molar-refractivity contribution in [3.63, 3.8) is 0 Å². The van der Waals surface area contributed by atoms with Crippen LogP contribution in [0.15, 0.2) is 53.4 Å². The lowest BCUT2D eigenvalue weighted by atomic mass is 10.1. The number of sulfonamides is 1. The second-order valence-corrected chi connectivity index (χ2v) is 10.3. The van der Waals surface area contributed by atoms with Gasteiger partial charge in [0.2, 0.25) is 11.8 Å². The number of hydrogen-bond acceptors (Lipinski definition) is 6. The molecule has 0 aromatic heterocycles. The summed E-state index contributed by atoms with van der Waals surface area (Å²) >= 11 is 0. The molecule has 0 bridgehead atoms. The minimum atomic E-state index is -4.15. The quantitative estimate of drug-likeness (QED) is 0.579. The van der Waals surface area contributed by atoms with Gasteiger partial charge >= 0.3 is 0 Å². The summed E-state index contributed by atoms with van der Waals surface area (Å²) in [6, 6.07) is 11.9. The van der Waals surface area contributed by atoms with Crippen LogP contribution in [0, 0.1) is 5.92 Å². The number of hydrogen-bond donors (Lipinski definition) is 1. The first-order valence-electron chi connectivity index (χ1n) is 10.9. The lowest BCUT2D eigenvalue weighted by molar-refractivity contribution is -0.140. The van der Waals surface area contributed by atoms with Gasteiger partial charge in [-0.25, -0.2) is 12.7 Å². The molecule has 0 radical (unpaired) electrons. The van der Waals surface area contributed by atoms with Gasteiger partial charge < -0.3 is 15.0 Å². The molecule has 0 unspecified atom stereocenters. The lowest BCUT2D eigenvalue weighted by Crippen LogP contribution is -2.51. The zero-order chi connectivity index (χ0) is 25.0. The molecule has 1 atom stereocenters. The Balaban J connectivity index is 1.86. The van der Waals surface area contributed by atoms with Gasteiger partial charge in [-0.05, 0) is 42.7 Å². The molecule has 34 heavy (non-hydrogen) atoms. The van der Waals surface area contributed by atoms with E-state index in [1.54, 1.807) is 37.3 Å². The lowest BCUT2D eigenvalue weighted by Gasteiger charge is -2.30. The van der Waals surface area contributed by atoms with E-state index in [2.05, 4.69) is 5.32 Å². The van der Waals surface area contributed by atoms with Gasteiger partial charge in [0.1, 0.15) is 23.2 Å². The standard InChI is InChI=1S/C24H29N3O6S/c1-16(2)13-25-23(29)17(3)26(14-18-9-11-19(33-4)12-10-18)22(28)15-27-24(30)20-7-5-6-8-21(20)34(27,31)32/h5-12,16-17H,13-15H2,1-4H3,(H,25,29)/t17-/m0/s1. The number of amides is 3. The molecule has 0 aliphatic carbocycles. The number of nitrogens with zero attached hydrogens (tertiary/aromatic N) is 2. The van der Waals surface area contributed by atoms with E-state index in [4.69, 9.17) is 4.74 Å². The van der Waals surface area contributed by atoms with Crippen LogP contribution in [0.25, 0.3) is 0 Å². The molecule has 0 saturated heterocycles. The van der Waals surface area contributed by atoms with Crippen LogP contribution in [0.4, 0.5) is 0 Å². The molecule has 9 nitrogen and oxygen atoms in total. The molecule has 10 heteroatoms. The summed E-state index contributed by atoms with van der Waals surface area (Å²) in [5.41, 5.74) is 0.747. The minimum Gasteiger partial charge on any atom is -0.497 e. The summed E-state index contributed by atoms with van der Waals surface area (Å²) in [5, 5.41) is 2.80. The van der Waals surface area contributed by atoms with Crippen LogP contribution in [0.5, 0.6) is 5.75 Å². The Morgan fingerprint density at radius 2 is 1.71 bits per heavy atom. The van der Waals surface area contributed by atoms with Crippen molar-refractivity contribution in [1.29, 1.82) is 0 Å². The van der Waals surface area contributed by atoms with E-state index in [1.165, 1.54) is 30.2 Å². The van der Waals surface area contributed by atoms with Crippen molar-refractivity contribution >= 4 is 27.7 Å². The highest BCUT2D eigenvalue weighted by molar-refractivity contribution is 7.90. The zero-order valence-electron chi connectivity index (χ0n) is 19.6. The maximum Gasteiger partial charge on any atom is 0.269 e. The molecule has 1 heterocycles. The molecule has 1 aliphatic heterocycles. The summed E-state index contributed by atoms with van der Waals surface area (Å²) < 4.78 is 31.5. The predicted octanol–water partition coefficient (Wildman–Crippen LogP) is 2.03. The van der Waals surface area contributed by atoms with E-state index in [9.17, 15) is 22.8 Å². The predicted molar refractivity (Wildman–Crippen MR) is 126 cm³/mol. The largest absolute Gasteiger partial charge is 0.497 e. The summed E-state index contributed by atoms with van der Waals surface area (Å²) in [6.45, 7) is 5.26. The average Bonchev–Trinajstić information content (AvgIpc) is 3.01. The van der Waals surface area contributed by atoms with Gasteiger partial charge in [0.15, 0.2) is 0 Å². The molecule has 0 fully saturated rings. The van der Waals surface area contributed by atoms with Crippen molar-refractivity contribution in [2.75, 3.05) is 20.2 Å². The fraction of sp³-hybridized carbons (Fsp3) is 0.375. The SMILES string of the molecule is COc1ccc(CN(C(=O)CN2C(=O)c3ccccc3S2(=O)=O)[C@@H](C)C(=O)NCC(C)C)cc1. The number of carbonyl (C=O) groups excluding carboxylic acids is 3. The van der Waals surface area contributed by atoms with Gasteiger partial charge in [0, 0.05) is 13.1 Å². The van der Waals surface area contributed by atoms with Gasteiger partial charge in [0.25, 0.3) is 15.9 Å². The number of ether oxygens (including phenoxy) is 1. The third kappa shape index (κ3) is 5.22. The number of carbonyl (C=O) groups is 3. The van der Waals surface area contributed by atoms with Gasteiger partial charge in [-0.3, -0.25) is 14.4 Å². The van der Waals surface area contributed by atoms with Gasteiger partial charge in [-0.15, -0.1) is 0 Å². The molecular weight excluding hydrogens is 458 g/mol. The van der Waals surface area contributed by atoms with Gasteiger partial charge in [0.05, 0.1) is 12.7 Å². The number of rotatable bonds is 9. The van der Waals surface area contributed by atoms with Crippen molar-refractivity contribution in [1.82, 2.24) is 14.5 Å². The van der Waals surface area contributed by atoms with Crippen LogP contribution < -0.4 is 10.1 Å². The van der Waals surface area contributed by atoms with Crippen molar-refractivity contribution in [3.05, 3.63) is 59.7 Å². The molecule has 1 aliphatic rings. The first-order chi connectivity index (χ1) is 16.1. The Bertz CT molecular complexity index is 1180. The fourth-order valence-electron chi connectivity index (χ4n) is 3.56. The maximum absolute atomic E-state index is 13.4. The highest BCUT2D eigenvalue weighted by Crippen LogP contribution is 2.30. The van der Waals surface area contributed by atoms with E-state index >= 15 is 0 Å². The Morgan fingerprint density at radius 1 is 1.06 bits per heavy atom. The number of nitrogens with one attached hydrogen (secondary N) is 1. The van der Waals surface area contributed by atoms with Crippen molar-refractivity contribution in [2.24, 2.45) is 5.92 Å². The number of methoxy groups -OCH3 is 1. The van der Waals surface area contributed by atoms with Crippen LogP contribution in [-0.2, 0) is 26.2 Å². The second kappa shape index (κ2) is 10.3. The smallest absolute Gasteiger partial charge is 0.269 e. The number of fused-ring (bicyclic) bond motifs is 1. The molecule has 0 saturated carbocycles. The molecule has 2 aromatic rings. The summed E-state index contributed by atoms with van der Waals surface area (Å²) in [6.07, 6.45) is 0. The second-order valence-electron chi connectivity index (χ2n) is 8.50. The fourth-order valence-corrected chi connectivity index (χ4v) is 5.08. The average molecular weight is 488 g/mol. The molecule has 3 rings (SSSR count). The topological polar surface area (TPSA) is 113 Å². The zero-order valence-corrected chi connectivity index (χ0v) is 20.5. The molecule has 1 N–H and O–H groups in total. The van der Waals surface area contributed by atoms with Crippen LogP contribution in [0.2, 0.25) is 0 Å². The third-order valence-electron chi connectivity index (χ3n) is 5.55. The number of benzene rings is 2. The highest BCUT2D eigenvalue weighted by atomic mass is 32.2. The molecule has 3 amide bonds. The van der Waals surface area contributed by atoms with Crippen LogP contribution in [0.3, 0.4) is 0 Å². The summed E-state index contributed by atoms with van der Waals surface area (Å²) in [7, 11) is -2.62. The Kier molecular flexibility index (Phi) is 7.61. The third-order valence-corrected chi connectivity index (χ3v) is 7.34. The van der Waals surface area contributed by atoms with E-state index in [-0.39, 0.29) is 28.8 Å². The van der Waals surface area contributed by atoms with Crippen molar-refractivity contribution < 1.29 is 27.5 Å². The van der Waals surface area contributed by atoms with Crippen LogP contribution in [0.1, 0.15) is 36.7 Å². The van der Waals surface area contributed by atoms with Crippen LogP contribution in [-0.4, -0.2) is 61.6 Å². The van der Waals surface area contributed by atoms with Crippen LogP contribution >= 0.6 is 0 Å². The molecular formula is C24H29N3O6S. The summed E-state index contributed by atoms with van der Waals surface area (Å²) in [5.74, 6) is -0.934. The highest BCUT2D eigenvalue weighted by Gasteiger charge is 2.43. The van der Waals surface area contributed by atoms with E-state index < -0.39 is 34.4 Å². The first-order valence-corrected chi connectivity index (χ1v) is 12.4. The minimum absolute atomic E-state index is 0.0275. The molecule has 2 aromatic carbocycles. The van der Waals surface area contributed by atoms with E-state index in [1.807, 2.05) is 13.8 Å². The summed E-state index contributed by atoms with van der Waals surface area (Å²) in [4.78, 5) is 40.0. The van der Waals surface area contributed by atoms with Crippen molar-refractivity contribution in [2.45, 2.75) is 38.3 Å².